The van der Waals surface area contributed by atoms with Gasteiger partial charge >= 0.3 is 0 Å². The van der Waals surface area contributed by atoms with Gasteiger partial charge in [0.2, 0.25) is 0 Å². The molecule has 7 N–H and O–H groups in total. The average Bonchev–Trinajstić information content (AvgIpc) is 3.32. The van der Waals surface area contributed by atoms with E-state index in [0.29, 0.717) is 16.8 Å². The van der Waals surface area contributed by atoms with Crippen molar-refractivity contribution in [1.82, 2.24) is 5.32 Å². The standard InChI is InChI=1S/C16H21N5O4S/c1-8-3-4-9(16(23)20-10-5-6-10)7-11(8)21-13(17)12(14(18)22)15(19)26(2,24)25/h3-4,7,10H,5-6,19H2,1-2H3,(H2,17,21)(H2,18,22)(H,20,23). The van der Waals surface area contributed by atoms with Crippen molar-refractivity contribution < 1.29 is 18.0 Å². The minimum absolute atomic E-state index is 0.194. The highest BCUT2D eigenvalue weighted by Crippen LogP contribution is 2.23. The van der Waals surface area contributed by atoms with E-state index in [1.807, 2.05) is 0 Å². The molecule has 1 aromatic rings. The molecular weight excluding hydrogens is 358 g/mol. The van der Waals surface area contributed by atoms with Crippen molar-refractivity contribution in [2.75, 3.05) is 6.26 Å². The predicted octanol–water partition coefficient (Wildman–Crippen LogP) is -0.424. The summed E-state index contributed by atoms with van der Waals surface area (Å²) in [5, 5.41) is 2.09. The summed E-state index contributed by atoms with van der Waals surface area (Å²) in [7, 11) is -3.89. The zero-order valence-corrected chi connectivity index (χ0v) is 15.3. The number of hydrogen-bond donors (Lipinski definition) is 4. The number of amidine groups is 1. The van der Waals surface area contributed by atoms with Gasteiger partial charge in [-0.25, -0.2) is 13.4 Å². The normalized spacial score (nSPS) is 16.0. The molecule has 1 aliphatic carbocycles. The second-order valence-electron chi connectivity index (χ2n) is 6.12. The molecule has 2 rings (SSSR count). The number of aliphatic imine (C=N–C) groups is 1. The van der Waals surface area contributed by atoms with Gasteiger partial charge in [0.05, 0.1) is 5.69 Å². The monoisotopic (exact) mass is 379 g/mol. The number of nitrogens with two attached hydrogens (primary N) is 3. The number of primary amides is 1. The maximum atomic E-state index is 12.2. The fraction of sp³-hybridized carbons (Fsp3) is 0.312. The molecule has 0 saturated heterocycles. The largest absolute Gasteiger partial charge is 0.389 e. The van der Waals surface area contributed by atoms with Gasteiger partial charge in [0.1, 0.15) is 16.4 Å². The highest BCUT2D eigenvalue weighted by molar-refractivity contribution is 7.94. The van der Waals surface area contributed by atoms with Crippen molar-refractivity contribution in [2.24, 2.45) is 22.2 Å². The molecule has 26 heavy (non-hydrogen) atoms. The molecule has 140 valence electrons. The van der Waals surface area contributed by atoms with Gasteiger partial charge in [-0.1, -0.05) is 6.07 Å². The van der Waals surface area contributed by atoms with Crippen molar-refractivity contribution in [2.45, 2.75) is 25.8 Å². The van der Waals surface area contributed by atoms with E-state index in [4.69, 9.17) is 17.2 Å². The quantitative estimate of drug-likeness (QED) is 0.297. The number of nitrogens with one attached hydrogen (secondary N) is 1. The molecule has 0 bridgehead atoms. The van der Waals surface area contributed by atoms with Gasteiger partial charge in [-0.2, -0.15) is 0 Å². The molecule has 0 spiro atoms. The van der Waals surface area contributed by atoms with Crippen LogP contribution < -0.4 is 22.5 Å². The molecule has 0 aliphatic heterocycles. The van der Waals surface area contributed by atoms with Crippen molar-refractivity contribution in [3.63, 3.8) is 0 Å². The zero-order valence-electron chi connectivity index (χ0n) is 14.4. The summed E-state index contributed by atoms with van der Waals surface area (Å²) in [6.45, 7) is 1.72. The van der Waals surface area contributed by atoms with Gasteiger partial charge in [0, 0.05) is 17.9 Å². The van der Waals surface area contributed by atoms with Crippen LogP contribution in [0.15, 0.2) is 33.8 Å². The first-order valence-corrected chi connectivity index (χ1v) is 9.65. The number of nitrogens with zero attached hydrogens (tertiary/aromatic N) is 1. The number of benzene rings is 1. The summed E-state index contributed by atoms with van der Waals surface area (Å²) < 4.78 is 23.2. The van der Waals surface area contributed by atoms with Crippen LogP contribution in [0.4, 0.5) is 5.69 Å². The Morgan fingerprint density at radius 3 is 2.31 bits per heavy atom. The molecule has 1 aromatic carbocycles. The summed E-state index contributed by atoms with van der Waals surface area (Å²) in [4.78, 5) is 27.8. The molecular formula is C16H21N5O4S. The third-order valence-electron chi connectivity index (χ3n) is 3.77. The van der Waals surface area contributed by atoms with Crippen molar-refractivity contribution in [3.05, 3.63) is 39.9 Å². The van der Waals surface area contributed by atoms with Crippen LogP contribution >= 0.6 is 0 Å². The smallest absolute Gasteiger partial charge is 0.255 e. The molecule has 0 unspecified atom stereocenters. The summed E-state index contributed by atoms with van der Waals surface area (Å²) in [6.07, 6.45) is 2.73. The number of hydrogen-bond acceptors (Lipinski definition) is 6. The summed E-state index contributed by atoms with van der Waals surface area (Å²) in [5.41, 5.74) is 17.2. The molecule has 10 heteroatoms. The van der Waals surface area contributed by atoms with Gasteiger partial charge in [-0.3, -0.25) is 9.59 Å². The van der Waals surface area contributed by atoms with Crippen molar-refractivity contribution in [3.8, 4) is 0 Å². The van der Waals surface area contributed by atoms with E-state index in [9.17, 15) is 18.0 Å². The van der Waals surface area contributed by atoms with E-state index in [-0.39, 0.29) is 11.9 Å². The number of sulfone groups is 1. The van der Waals surface area contributed by atoms with Crippen molar-refractivity contribution >= 4 is 33.2 Å². The van der Waals surface area contributed by atoms with Crippen LogP contribution in [0.1, 0.15) is 28.8 Å². The fourth-order valence-corrected chi connectivity index (χ4v) is 2.69. The van der Waals surface area contributed by atoms with Gasteiger partial charge in [0.15, 0.2) is 9.84 Å². The summed E-state index contributed by atoms with van der Waals surface area (Å²) >= 11 is 0. The van der Waals surface area contributed by atoms with Gasteiger partial charge in [-0.05, 0) is 37.5 Å². The Hall–Kier alpha value is -2.88. The first-order chi connectivity index (χ1) is 12.0. The topological polar surface area (TPSA) is 171 Å². The minimum atomic E-state index is -3.89. The Bertz CT molecular complexity index is 930. The Morgan fingerprint density at radius 2 is 1.81 bits per heavy atom. The molecule has 1 fully saturated rings. The highest BCUT2D eigenvalue weighted by Gasteiger charge is 2.24. The molecule has 0 aromatic heterocycles. The molecule has 9 nitrogen and oxygen atoms in total. The third-order valence-corrected chi connectivity index (χ3v) is 4.78. The first kappa shape index (κ1) is 19.4. The van der Waals surface area contributed by atoms with E-state index in [1.165, 1.54) is 6.07 Å². The molecule has 0 atom stereocenters. The van der Waals surface area contributed by atoms with Crippen LogP contribution in [0.25, 0.3) is 0 Å². The first-order valence-electron chi connectivity index (χ1n) is 7.76. The fourth-order valence-electron chi connectivity index (χ4n) is 2.11. The van der Waals surface area contributed by atoms with Crippen LogP contribution in [-0.4, -0.2) is 38.4 Å². The van der Waals surface area contributed by atoms with Gasteiger partial charge in [-0.15, -0.1) is 0 Å². The number of amides is 2. The van der Waals surface area contributed by atoms with Crippen molar-refractivity contribution in [1.29, 1.82) is 0 Å². The lowest BCUT2D eigenvalue weighted by molar-refractivity contribution is -0.114. The maximum absolute atomic E-state index is 12.2. The van der Waals surface area contributed by atoms with E-state index in [2.05, 4.69) is 10.3 Å². The van der Waals surface area contributed by atoms with Crippen LogP contribution in [0.3, 0.4) is 0 Å². The molecule has 0 radical (unpaired) electrons. The third kappa shape index (κ3) is 4.60. The van der Waals surface area contributed by atoms with Gasteiger partial charge in [0.25, 0.3) is 11.8 Å². The lowest BCUT2D eigenvalue weighted by Crippen LogP contribution is -2.32. The Labute approximate surface area is 151 Å². The Balaban J connectivity index is 2.46. The van der Waals surface area contributed by atoms with Gasteiger partial charge < -0.3 is 22.5 Å². The molecule has 1 aliphatic rings. The molecule has 1 saturated carbocycles. The summed E-state index contributed by atoms with van der Waals surface area (Å²) in [5.74, 6) is -1.80. The van der Waals surface area contributed by atoms with Crippen LogP contribution in [-0.2, 0) is 14.6 Å². The number of aryl methyl sites for hydroxylation is 1. The zero-order chi connectivity index (χ0) is 19.6. The predicted molar refractivity (Wildman–Crippen MR) is 98.2 cm³/mol. The second-order valence-corrected chi connectivity index (χ2v) is 8.11. The SMILES string of the molecule is Cc1ccc(C(=O)NC2CC2)cc1N=C(N)C(C(N)=O)=C(N)S(C)(=O)=O. The number of carbonyl (C=O) groups is 2. The van der Waals surface area contributed by atoms with Crippen LogP contribution in [0.2, 0.25) is 0 Å². The highest BCUT2D eigenvalue weighted by atomic mass is 32.2. The second kappa shape index (κ2) is 7.16. The lowest BCUT2D eigenvalue weighted by atomic mass is 10.1. The van der Waals surface area contributed by atoms with E-state index < -0.39 is 32.2 Å². The summed E-state index contributed by atoms with van der Waals surface area (Å²) in [6, 6.07) is 4.99. The Morgan fingerprint density at radius 1 is 1.19 bits per heavy atom. The van der Waals surface area contributed by atoms with E-state index >= 15 is 0 Å². The van der Waals surface area contributed by atoms with Crippen LogP contribution in [0, 0.1) is 6.92 Å². The van der Waals surface area contributed by atoms with Crippen LogP contribution in [0.5, 0.6) is 0 Å². The Kier molecular flexibility index (Phi) is 5.36. The lowest BCUT2D eigenvalue weighted by Gasteiger charge is -2.09. The molecule has 0 heterocycles. The van der Waals surface area contributed by atoms with E-state index in [1.54, 1.807) is 19.1 Å². The number of rotatable bonds is 6. The average molecular weight is 379 g/mol. The maximum Gasteiger partial charge on any atom is 0.255 e. The number of carbonyl (C=O) groups excluding carboxylic acids is 2. The molecule has 2 amide bonds. The van der Waals surface area contributed by atoms with E-state index in [0.717, 1.165) is 19.1 Å². The minimum Gasteiger partial charge on any atom is -0.389 e.